The van der Waals surface area contributed by atoms with Gasteiger partial charge in [-0.2, -0.15) is 0 Å². The second-order valence-electron chi connectivity index (χ2n) is 8.96. The molecule has 0 aliphatic carbocycles. The summed E-state index contributed by atoms with van der Waals surface area (Å²) >= 11 is 0. The van der Waals surface area contributed by atoms with Crippen molar-refractivity contribution < 1.29 is 32.9 Å². The number of aryl methyl sites for hydroxylation is 1. The summed E-state index contributed by atoms with van der Waals surface area (Å²) in [6, 6.07) is 14.5. The number of hydrogen-bond donors (Lipinski definition) is 1. The van der Waals surface area contributed by atoms with Gasteiger partial charge in [0.1, 0.15) is 11.6 Å². The highest BCUT2D eigenvalue weighted by Gasteiger charge is 2.42. The number of hydrogen-bond acceptors (Lipinski definition) is 6. The Morgan fingerprint density at radius 1 is 0.921 bits per heavy atom. The second kappa shape index (κ2) is 11.4. The zero-order chi connectivity index (χ0) is 27.4. The molecular formula is C29H31FN2O6. The summed E-state index contributed by atoms with van der Waals surface area (Å²) in [5.41, 5.74) is 2.06. The van der Waals surface area contributed by atoms with E-state index in [0.29, 0.717) is 46.4 Å². The van der Waals surface area contributed by atoms with Gasteiger partial charge < -0.3 is 29.2 Å². The number of nitrogens with zero attached hydrogens (tertiary/aromatic N) is 1. The molecule has 3 aromatic carbocycles. The van der Waals surface area contributed by atoms with Crippen LogP contribution in [0.3, 0.4) is 0 Å². The summed E-state index contributed by atoms with van der Waals surface area (Å²) in [6.07, 6.45) is 0.459. The number of halogens is 1. The average molecular weight is 523 g/mol. The molecule has 1 fully saturated rings. The largest absolute Gasteiger partial charge is 0.497 e. The molecule has 2 atom stereocenters. The summed E-state index contributed by atoms with van der Waals surface area (Å²) in [5.74, 6) is 0.266. The maximum Gasteiger partial charge on any atom is 0.229 e. The number of anilines is 2. The normalized spacial score (nSPS) is 17.1. The van der Waals surface area contributed by atoms with Crippen molar-refractivity contribution in [2.24, 2.45) is 5.92 Å². The van der Waals surface area contributed by atoms with Crippen LogP contribution >= 0.6 is 0 Å². The van der Waals surface area contributed by atoms with E-state index in [9.17, 15) is 14.0 Å². The molecule has 2 amide bonds. The lowest BCUT2D eigenvalue weighted by Gasteiger charge is -2.41. The number of nitrogens with one attached hydrogen (secondary N) is 1. The van der Waals surface area contributed by atoms with Crippen LogP contribution in [0.4, 0.5) is 15.8 Å². The number of methoxy groups -OCH3 is 4. The first-order valence-electron chi connectivity index (χ1n) is 12.1. The highest BCUT2D eigenvalue weighted by molar-refractivity contribution is 6.00. The van der Waals surface area contributed by atoms with Crippen LogP contribution in [-0.2, 0) is 9.59 Å². The van der Waals surface area contributed by atoms with Gasteiger partial charge in [-0.1, -0.05) is 18.2 Å². The van der Waals surface area contributed by atoms with E-state index in [1.54, 1.807) is 55.3 Å². The second-order valence-corrected chi connectivity index (χ2v) is 8.96. The van der Waals surface area contributed by atoms with Gasteiger partial charge in [0, 0.05) is 24.2 Å². The molecule has 0 saturated carbocycles. The molecule has 1 N–H and O–H groups in total. The first kappa shape index (κ1) is 26.8. The van der Waals surface area contributed by atoms with Gasteiger partial charge in [0.25, 0.3) is 0 Å². The lowest BCUT2D eigenvalue weighted by Crippen LogP contribution is -2.47. The Bertz CT molecular complexity index is 1300. The third kappa shape index (κ3) is 5.22. The van der Waals surface area contributed by atoms with E-state index in [2.05, 4.69) is 5.32 Å². The number of carbonyl (C=O) groups excluding carboxylic acids is 2. The van der Waals surface area contributed by atoms with Crippen molar-refractivity contribution in [3.05, 3.63) is 71.5 Å². The van der Waals surface area contributed by atoms with Gasteiger partial charge in [0.2, 0.25) is 17.6 Å². The summed E-state index contributed by atoms with van der Waals surface area (Å²) in [7, 11) is 6.06. The van der Waals surface area contributed by atoms with Crippen molar-refractivity contribution in [1.82, 2.24) is 0 Å². The van der Waals surface area contributed by atoms with Crippen molar-refractivity contribution in [2.75, 3.05) is 38.7 Å². The molecule has 8 nitrogen and oxygen atoms in total. The summed E-state index contributed by atoms with van der Waals surface area (Å²) in [5, 5.41) is 2.84. The maximum atomic E-state index is 14.2. The number of amides is 2. The molecule has 200 valence electrons. The quantitative estimate of drug-likeness (QED) is 0.433. The van der Waals surface area contributed by atoms with Gasteiger partial charge in [0.05, 0.1) is 46.1 Å². The number of benzene rings is 3. The molecule has 1 saturated heterocycles. The maximum absolute atomic E-state index is 14.2. The van der Waals surface area contributed by atoms with Crippen molar-refractivity contribution >= 4 is 23.2 Å². The minimum absolute atomic E-state index is 0.143. The Hall–Kier alpha value is -4.27. The fourth-order valence-corrected chi connectivity index (χ4v) is 4.77. The van der Waals surface area contributed by atoms with Gasteiger partial charge in [-0.3, -0.25) is 9.59 Å². The van der Waals surface area contributed by atoms with Crippen LogP contribution in [0.25, 0.3) is 0 Å². The van der Waals surface area contributed by atoms with Crippen LogP contribution in [-0.4, -0.2) is 40.3 Å². The molecule has 2 unspecified atom stereocenters. The van der Waals surface area contributed by atoms with Crippen LogP contribution in [0.15, 0.2) is 54.6 Å². The number of ether oxygens (including phenoxy) is 4. The van der Waals surface area contributed by atoms with Gasteiger partial charge >= 0.3 is 0 Å². The predicted octanol–water partition coefficient (Wildman–Crippen LogP) is 5.29. The fraction of sp³-hybridized carbons (Fsp3) is 0.310. The molecule has 1 heterocycles. The van der Waals surface area contributed by atoms with E-state index < -0.39 is 17.8 Å². The molecule has 0 radical (unpaired) electrons. The lowest BCUT2D eigenvalue weighted by molar-refractivity contribution is -0.125. The van der Waals surface area contributed by atoms with Crippen molar-refractivity contribution in [2.45, 2.75) is 25.8 Å². The zero-order valence-corrected chi connectivity index (χ0v) is 22.0. The Morgan fingerprint density at radius 3 is 2.13 bits per heavy atom. The smallest absolute Gasteiger partial charge is 0.229 e. The molecule has 0 spiro atoms. The number of carbonyl (C=O) groups is 2. The molecule has 0 aromatic heterocycles. The zero-order valence-electron chi connectivity index (χ0n) is 22.0. The molecule has 38 heavy (non-hydrogen) atoms. The predicted molar refractivity (Wildman–Crippen MR) is 142 cm³/mol. The van der Waals surface area contributed by atoms with Crippen molar-refractivity contribution in [3.8, 4) is 23.0 Å². The van der Waals surface area contributed by atoms with Gasteiger partial charge in [-0.25, -0.2) is 4.39 Å². The van der Waals surface area contributed by atoms with Crippen LogP contribution < -0.4 is 29.2 Å². The SMILES string of the molecule is COc1ccc(C2C(C(=O)Nc3ccc(C)c(F)c3)CCC(=O)N2c2cc(OC)c(OC)c(OC)c2)cc1. The number of rotatable bonds is 8. The van der Waals surface area contributed by atoms with Crippen molar-refractivity contribution in [3.63, 3.8) is 0 Å². The Morgan fingerprint density at radius 2 is 1.58 bits per heavy atom. The Kier molecular flexibility index (Phi) is 8.05. The standard InChI is InChI=1S/C29H31FN2O6/c1-17-6-9-19(14-23(17)30)31-29(34)22-12-13-26(33)32(27(22)18-7-10-21(35-2)11-8-18)20-15-24(36-3)28(38-5)25(16-20)37-4/h6-11,14-16,22,27H,12-13H2,1-5H3,(H,31,34). The Labute approximate surface area is 221 Å². The van der Waals surface area contributed by atoms with E-state index in [0.717, 1.165) is 5.56 Å². The first-order valence-corrected chi connectivity index (χ1v) is 12.1. The molecular weight excluding hydrogens is 491 g/mol. The van der Waals surface area contributed by atoms with E-state index in [1.165, 1.54) is 27.4 Å². The topological polar surface area (TPSA) is 86.3 Å². The third-order valence-corrected chi connectivity index (χ3v) is 6.76. The fourth-order valence-electron chi connectivity index (χ4n) is 4.77. The minimum Gasteiger partial charge on any atom is -0.497 e. The summed E-state index contributed by atoms with van der Waals surface area (Å²) in [4.78, 5) is 28.7. The summed E-state index contributed by atoms with van der Waals surface area (Å²) in [6.45, 7) is 1.66. The minimum atomic E-state index is -0.666. The van der Waals surface area contributed by atoms with Crippen molar-refractivity contribution in [1.29, 1.82) is 0 Å². The van der Waals surface area contributed by atoms with Crippen LogP contribution in [0.5, 0.6) is 23.0 Å². The Balaban J connectivity index is 1.81. The highest BCUT2D eigenvalue weighted by Crippen LogP contribution is 2.46. The molecule has 0 bridgehead atoms. The monoisotopic (exact) mass is 522 g/mol. The number of piperidine rings is 1. The third-order valence-electron chi connectivity index (χ3n) is 6.76. The highest BCUT2D eigenvalue weighted by atomic mass is 19.1. The van der Waals surface area contributed by atoms with Crippen LogP contribution in [0.1, 0.15) is 30.0 Å². The molecule has 1 aliphatic rings. The van der Waals surface area contributed by atoms with E-state index in [4.69, 9.17) is 18.9 Å². The molecule has 9 heteroatoms. The van der Waals surface area contributed by atoms with Gasteiger partial charge in [0.15, 0.2) is 11.5 Å². The van der Waals surface area contributed by atoms with Gasteiger partial charge in [-0.05, 0) is 48.7 Å². The average Bonchev–Trinajstić information content (AvgIpc) is 2.93. The van der Waals surface area contributed by atoms with E-state index in [-0.39, 0.29) is 18.2 Å². The lowest BCUT2D eigenvalue weighted by atomic mass is 9.83. The molecule has 4 rings (SSSR count). The van der Waals surface area contributed by atoms with E-state index >= 15 is 0 Å². The van der Waals surface area contributed by atoms with E-state index in [1.807, 2.05) is 12.1 Å². The molecule has 1 aliphatic heterocycles. The summed E-state index contributed by atoms with van der Waals surface area (Å²) < 4.78 is 36.0. The first-order chi connectivity index (χ1) is 18.3. The molecule has 3 aromatic rings. The van der Waals surface area contributed by atoms with Crippen LogP contribution in [0, 0.1) is 18.7 Å². The van der Waals surface area contributed by atoms with Gasteiger partial charge in [-0.15, -0.1) is 0 Å². The van der Waals surface area contributed by atoms with Crippen LogP contribution in [0.2, 0.25) is 0 Å².